The van der Waals surface area contributed by atoms with Crippen LogP contribution in [0.1, 0.15) is 44.4 Å². The third kappa shape index (κ3) is 5.50. The molecule has 9 nitrogen and oxygen atoms in total. The Morgan fingerprint density at radius 3 is 2.52 bits per heavy atom. The summed E-state index contributed by atoms with van der Waals surface area (Å²) >= 11 is 0. The number of hydrogen-bond donors (Lipinski definition) is 1. The van der Waals surface area contributed by atoms with Crippen LogP contribution in [-0.2, 0) is 26.0 Å². The Morgan fingerprint density at radius 2 is 1.81 bits per heavy atom. The van der Waals surface area contributed by atoms with Crippen LogP contribution in [0.2, 0.25) is 0 Å². The van der Waals surface area contributed by atoms with E-state index in [9.17, 15) is 13.2 Å². The molecule has 31 heavy (non-hydrogen) atoms. The van der Waals surface area contributed by atoms with Crippen molar-refractivity contribution in [1.82, 2.24) is 19.8 Å². The fraction of sp³-hybridized carbons (Fsp3) is 0.571. The second-order valence-electron chi connectivity index (χ2n) is 7.96. The number of ether oxygens (including phenoxy) is 1. The lowest BCUT2D eigenvalue weighted by Crippen LogP contribution is -2.40. The monoisotopic (exact) mass is 448 g/mol. The van der Waals surface area contributed by atoms with E-state index in [2.05, 4.69) is 15.5 Å². The predicted molar refractivity (Wildman–Crippen MR) is 113 cm³/mol. The van der Waals surface area contributed by atoms with Gasteiger partial charge in [0.05, 0.1) is 18.1 Å². The van der Waals surface area contributed by atoms with Gasteiger partial charge in [0.1, 0.15) is 0 Å². The first kappa shape index (κ1) is 21.9. The summed E-state index contributed by atoms with van der Waals surface area (Å²) in [5.41, 5.74) is 0.655. The summed E-state index contributed by atoms with van der Waals surface area (Å²) in [5, 5.41) is 7.04. The van der Waals surface area contributed by atoms with Gasteiger partial charge in [-0.25, -0.2) is 8.42 Å². The average Bonchev–Trinajstić information content (AvgIpc) is 3.28. The van der Waals surface area contributed by atoms with E-state index < -0.39 is 10.0 Å². The van der Waals surface area contributed by atoms with Crippen LogP contribution < -0.4 is 5.32 Å². The maximum absolute atomic E-state index is 12.7. The lowest BCUT2D eigenvalue weighted by Gasteiger charge is -2.26. The fourth-order valence-electron chi connectivity index (χ4n) is 3.95. The van der Waals surface area contributed by atoms with Crippen LogP contribution in [0.3, 0.4) is 0 Å². The highest BCUT2D eigenvalue weighted by atomic mass is 32.2. The van der Waals surface area contributed by atoms with Crippen molar-refractivity contribution in [2.45, 2.75) is 55.9 Å². The number of aromatic nitrogens is 2. The van der Waals surface area contributed by atoms with Gasteiger partial charge in [-0.2, -0.15) is 9.29 Å². The summed E-state index contributed by atoms with van der Waals surface area (Å²) in [6.07, 6.45) is 6.36. The number of benzene rings is 1. The van der Waals surface area contributed by atoms with E-state index in [0.29, 0.717) is 56.4 Å². The Kier molecular flexibility index (Phi) is 6.99. The highest BCUT2D eigenvalue weighted by Crippen LogP contribution is 2.22. The quantitative estimate of drug-likeness (QED) is 0.690. The lowest BCUT2D eigenvalue weighted by molar-refractivity contribution is -0.122. The van der Waals surface area contributed by atoms with Crippen LogP contribution >= 0.6 is 0 Å². The minimum atomic E-state index is -3.54. The predicted octanol–water partition coefficient (Wildman–Crippen LogP) is 2.14. The molecule has 0 radical (unpaired) electrons. The fourth-order valence-corrected chi connectivity index (χ4v) is 5.36. The first-order valence-corrected chi connectivity index (χ1v) is 12.3. The van der Waals surface area contributed by atoms with Crippen molar-refractivity contribution in [3.05, 3.63) is 30.2 Å². The molecule has 0 bridgehead atoms. The number of aryl methyl sites for hydroxylation is 1. The zero-order chi connectivity index (χ0) is 21.7. The molecule has 1 aromatic carbocycles. The summed E-state index contributed by atoms with van der Waals surface area (Å²) in [5.74, 6) is 0.765. The molecular formula is C21H28N4O5S. The first-order valence-electron chi connectivity index (χ1n) is 10.8. The van der Waals surface area contributed by atoms with Crippen molar-refractivity contribution in [2.24, 2.45) is 0 Å². The molecule has 1 aromatic heterocycles. The molecule has 2 aliphatic rings. The number of carbonyl (C=O) groups is 1. The summed E-state index contributed by atoms with van der Waals surface area (Å²) < 4.78 is 37.3. The minimum Gasteiger partial charge on any atom is -0.379 e. The number of morpholine rings is 1. The molecule has 0 spiro atoms. The molecule has 2 fully saturated rings. The Bertz CT molecular complexity index is 977. The molecule has 0 atom stereocenters. The maximum atomic E-state index is 12.7. The number of sulfonamides is 1. The summed E-state index contributed by atoms with van der Waals surface area (Å²) in [6, 6.07) is 6.71. The molecule has 2 heterocycles. The van der Waals surface area contributed by atoms with Gasteiger partial charge in [-0.1, -0.05) is 24.4 Å². The molecule has 1 N–H and O–H groups in total. The Balaban J connectivity index is 1.33. The zero-order valence-electron chi connectivity index (χ0n) is 17.5. The Morgan fingerprint density at radius 1 is 1.10 bits per heavy atom. The Labute approximate surface area is 182 Å². The molecule has 1 saturated heterocycles. The van der Waals surface area contributed by atoms with Gasteiger partial charge in [0, 0.05) is 37.5 Å². The number of nitrogens with one attached hydrogen (secondary N) is 1. The summed E-state index contributed by atoms with van der Waals surface area (Å²) in [7, 11) is -3.54. The van der Waals surface area contributed by atoms with Gasteiger partial charge in [0.25, 0.3) is 0 Å². The third-order valence-corrected chi connectivity index (χ3v) is 7.64. The van der Waals surface area contributed by atoms with Gasteiger partial charge < -0.3 is 14.6 Å². The molecule has 168 valence electrons. The second kappa shape index (κ2) is 9.88. The highest BCUT2D eigenvalue weighted by Gasteiger charge is 2.26. The summed E-state index contributed by atoms with van der Waals surface area (Å²) in [6.45, 7) is 1.52. The first-order chi connectivity index (χ1) is 15.0. The lowest BCUT2D eigenvalue weighted by atomic mass is 9.95. The third-order valence-electron chi connectivity index (χ3n) is 5.72. The van der Waals surface area contributed by atoms with E-state index in [4.69, 9.17) is 9.26 Å². The average molecular weight is 449 g/mol. The smallest absolute Gasteiger partial charge is 0.243 e. The van der Waals surface area contributed by atoms with E-state index in [1.165, 1.54) is 23.6 Å². The minimum absolute atomic E-state index is 0.00400. The van der Waals surface area contributed by atoms with E-state index in [0.717, 1.165) is 12.8 Å². The molecule has 0 unspecified atom stereocenters. The number of nitrogens with zero attached hydrogens (tertiary/aromatic N) is 3. The topological polar surface area (TPSA) is 115 Å². The number of hydrogen-bond acceptors (Lipinski definition) is 7. The van der Waals surface area contributed by atoms with Crippen LogP contribution in [-0.4, -0.2) is 61.1 Å². The van der Waals surface area contributed by atoms with E-state index in [-0.39, 0.29) is 16.8 Å². The largest absolute Gasteiger partial charge is 0.379 e. The van der Waals surface area contributed by atoms with Crippen molar-refractivity contribution in [2.75, 3.05) is 26.3 Å². The van der Waals surface area contributed by atoms with Crippen molar-refractivity contribution in [3.8, 4) is 11.4 Å². The van der Waals surface area contributed by atoms with Crippen molar-refractivity contribution >= 4 is 15.9 Å². The van der Waals surface area contributed by atoms with Gasteiger partial charge >= 0.3 is 0 Å². The molecular weight excluding hydrogens is 420 g/mol. The number of amides is 1. The van der Waals surface area contributed by atoms with Gasteiger partial charge in [-0.3, -0.25) is 4.79 Å². The molecule has 1 saturated carbocycles. The maximum Gasteiger partial charge on any atom is 0.243 e. The number of carbonyl (C=O) groups excluding carboxylic acids is 1. The molecule has 10 heteroatoms. The van der Waals surface area contributed by atoms with Crippen LogP contribution in [0.5, 0.6) is 0 Å². The molecule has 1 aliphatic carbocycles. The highest BCUT2D eigenvalue weighted by molar-refractivity contribution is 7.89. The van der Waals surface area contributed by atoms with Gasteiger partial charge in [0.2, 0.25) is 27.6 Å². The van der Waals surface area contributed by atoms with Crippen molar-refractivity contribution < 1.29 is 22.5 Å². The second-order valence-corrected chi connectivity index (χ2v) is 9.89. The number of rotatable bonds is 7. The molecule has 1 amide bonds. The van der Waals surface area contributed by atoms with E-state index >= 15 is 0 Å². The van der Waals surface area contributed by atoms with Crippen LogP contribution in [0.15, 0.2) is 33.7 Å². The molecule has 1 aliphatic heterocycles. The standard InChI is InChI=1S/C21H28N4O5S/c26-19(22-17-4-2-1-3-5-17)10-11-20-23-21(24-30-20)16-6-8-18(9-7-16)31(27,28)25-12-14-29-15-13-25/h6-9,17H,1-5,10-15H2,(H,22,26). The molecule has 2 aromatic rings. The normalized spacial score (nSPS) is 18.7. The van der Waals surface area contributed by atoms with Crippen LogP contribution in [0.4, 0.5) is 0 Å². The zero-order valence-corrected chi connectivity index (χ0v) is 18.3. The van der Waals surface area contributed by atoms with Crippen molar-refractivity contribution in [3.63, 3.8) is 0 Å². The summed E-state index contributed by atoms with van der Waals surface area (Å²) in [4.78, 5) is 16.7. The van der Waals surface area contributed by atoms with E-state index in [1.807, 2.05) is 0 Å². The SMILES string of the molecule is O=C(CCc1nc(-c2ccc(S(=O)(=O)N3CCOCC3)cc2)no1)NC1CCCCC1. The van der Waals surface area contributed by atoms with Crippen LogP contribution in [0, 0.1) is 0 Å². The van der Waals surface area contributed by atoms with Gasteiger partial charge in [-0.05, 0) is 37.1 Å². The Hall–Kier alpha value is -2.30. The van der Waals surface area contributed by atoms with E-state index in [1.54, 1.807) is 24.3 Å². The molecule has 4 rings (SSSR count). The van der Waals surface area contributed by atoms with Gasteiger partial charge in [0.15, 0.2) is 0 Å². The van der Waals surface area contributed by atoms with Crippen LogP contribution in [0.25, 0.3) is 11.4 Å². The van der Waals surface area contributed by atoms with Crippen molar-refractivity contribution in [1.29, 1.82) is 0 Å². The van der Waals surface area contributed by atoms with Gasteiger partial charge in [-0.15, -0.1) is 0 Å².